The van der Waals surface area contributed by atoms with Crippen LogP contribution in [0.25, 0.3) is 5.76 Å². The van der Waals surface area contributed by atoms with E-state index in [1.54, 1.807) is 6.07 Å². The van der Waals surface area contributed by atoms with Gasteiger partial charge < -0.3 is 19.6 Å². The maximum Gasteiger partial charge on any atom is 0.295 e. The van der Waals surface area contributed by atoms with Crippen molar-refractivity contribution in [2.45, 2.75) is 6.04 Å². The van der Waals surface area contributed by atoms with Crippen molar-refractivity contribution >= 4 is 34.7 Å². The van der Waals surface area contributed by atoms with Gasteiger partial charge in [0.15, 0.2) is 0 Å². The van der Waals surface area contributed by atoms with Gasteiger partial charge in [0.05, 0.1) is 28.7 Å². The van der Waals surface area contributed by atoms with E-state index >= 15 is 0 Å². The molecule has 1 aliphatic rings. The van der Waals surface area contributed by atoms with E-state index in [9.17, 15) is 24.8 Å². The molecule has 2 aromatic carbocycles. The molecule has 1 saturated heterocycles. The summed E-state index contributed by atoms with van der Waals surface area (Å²) in [6, 6.07) is 9.15. The van der Waals surface area contributed by atoms with E-state index in [4.69, 9.17) is 16.3 Å². The summed E-state index contributed by atoms with van der Waals surface area (Å²) in [7, 11) is 5.08. The highest BCUT2D eigenvalue weighted by Crippen LogP contribution is 2.40. The molecule has 0 bridgehead atoms. The van der Waals surface area contributed by atoms with Gasteiger partial charge in [-0.15, -0.1) is 0 Å². The first kappa shape index (κ1) is 23.2. The lowest BCUT2D eigenvalue weighted by Gasteiger charge is -2.26. The second kappa shape index (κ2) is 9.37. The molecule has 3 rings (SSSR count). The minimum Gasteiger partial charge on any atom is -0.507 e. The van der Waals surface area contributed by atoms with Crippen LogP contribution in [-0.4, -0.2) is 65.8 Å². The molecule has 1 N–H and O–H groups in total. The van der Waals surface area contributed by atoms with E-state index in [-0.39, 0.29) is 28.4 Å². The van der Waals surface area contributed by atoms with Gasteiger partial charge in [0.2, 0.25) is 0 Å². The number of nitro groups is 1. The van der Waals surface area contributed by atoms with Crippen molar-refractivity contribution in [3.8, 4) is 5.75 Å². The van der Waals surface area contributed by atoms with Gasteiger partial charge in [-0.3, -0.25) is 19.7 Å². The lowest BCUT2D eigenvalue weighted by molar-refractivity contribution is -0.384. The molecule has 9 nitrogen and oxygen atoms in total. The predicted octanol–water partition coefficient (Wildman–Crippen LogP) is 3.24. The molecule has 0 radical (unpaired) electrons. The number of halogens is 1. The Morgan fingerprint density at radius 1 is 1.25 bits per heavy atom. The van der Waals surface area contributed by atoms with Crippen LogP contribution in [0.5, 0.6) is 5.75 Å². The Bertz CT molecular complexity index is 1110. The van der Waals surface area contributed by atoms with Gasteiger partial charge >= 0.3 is 0 Å². The summed E-state index contributed by atoms with van der Waals surface area (Å²) in [6.07, 6.45) is 0. The molecule has 0 spiro atoms. The van der Waals surface area contributed by atoms with Crippen LogP contribution >= 0.6 is 11.6 Å². The smallest absolute Gasteiger partial charge is 0.295 e. The fourth-order valence-corrected chi connectivity index (χ4v) is 3.80. The number of benzene rings is 2. The summed E-state index contributed by atoms with van der Waals surface area (Å²) in [5.41, 5.74) is 0.221. The van der Waals surface area contributed by atoms with E-state index in [2.05, 4.69) is 0 Å². The van der Waals surface area contributed by atoms with Gasteiger partial charge in [0, 0.05) is 30.8 Å². The summed E-state index contributed by atoms with van der Waals surface area (Å²) in [4.78, 5) is 39.7. The number of aliphatic hydroxyl groups is 1. The minimum atomic E-state index is -0.990. The number of ether oxygens (including phenoxy) is 1. The first-order valence-electron chi connectivity index (χ1n) is 9.67. The molecule has 32 heavy (non-hydrogen) atoms. The molecule has 168 valence electrons. The highest BCUT2D eigenvalue weighted by atomic mass is 35.5. The molecular formula is C22H22ClN3O6. The summed E-state index contributed by atoms with van der Waals surface area (Å²) < 4.78 is 5.11. The number of non-ortho nitro benzene ring substituents is 1. The van der Waals surface area contributed by atoms with Crippen molar-refractivity contribution in [1.29, 1.82) is 0 Å². The molecule has 0 aliphatic carbocycles. The van der Waals surface area contributed by atoms with Crippen molar-refractivity contribution in [3.05, 3.63) is 74.3 Å². The van der Waals surface area contributed by atoms with Gasteiger partial charge in [-0.05, 0) is 37.9 Å². The van der Waals surface area contributed by atoms with Crippen LogP contribution in [0.3, 0.4) is 0 Å². The van der Waals surface area contributed by atoms with E-state index < -0.39 is 28.4 Å². The normalized spacial score (nSPS) is 17.8. The number of hydrogen-bond donors (Lipinski definition) is 1. The number of likely N-dealkylation sites (N-methyl/N-ethyl adjacent to an activating group) is 1. The zero-order chi connectivity index (χ0) is 23.6. The Hall–Kier alpha value is -3.43. The van der Waals surface area contributed by atoms with Crippen LogP contribution in [0.1, 0.15) is 17.2 Å². The Balaban J connectivity index is 2.19. The zero-order valence-electron chi connectivity index (χ0n) is 17.7. The number of carbonyl (C=O) groups excluding carboxylic acids is 2. The number of carbonyl (C=O) groups is 2. The predicted molar refractivity (Wildman–Crippen MR) is 119 cm³/mol. The molecule has 1 amide bonds. The van der Waals surface area contributed by atoms with Gasteiger partial charge in [-0.25, -0.2) is 0 Å². The van der Waals surface area contributed by atoms with Crippen molar-refractivity contribution < 1.29 is 24.4 Å². The maximum absolute atomic E-state index is 13.0. The molecule has 1 aliphatic heterocycles. The lowest BCUT2D eigenvalue weighted by atomic mass is 9.95. The van der Waals surface area contributed by atoms with Gasteiger partial charge in [-0.1, -0.05) is 23.7 Å². The van der Waals surface area contributed by atoms with Gasteiger partial charge in [-0.2, -0.15) is 0 Å². The number of ketones is 1. The molecule has 0 saturated carbocycles. The largest absolute Gasteiger partial charge is 0.507 e. The Morgan fingerprint density at radius 3 is 2.56 bits per heavy atom. The lowest BCUT2D eigenvalue weighted by Crippen LogP contribution is -2.35. The van der Waals surface area contributed by atoms with Gasteiger partial charge in [0.1, 0.15) is 11.5 Å². The highest BCUT2D eigenvalue weighted by Gasteiger charge is 2.46. The number of Topliss-reactive ketones (excluding diaryl/α,β-unsaturated/α-hetero) is 1. The third-order valence-corrected chi connectivity index (χ3v) is 5.45. The molecule has 10 heteroatoms. The van der Waals surface area contributed by atoms with Crippen LogP contribution < -0.4 is 4.74 Å². The van der Waals surface area contributed by atoms with Gasteiger partial charge in [0.25, 0.3) is 17.4 Å². The molecule has 0 unspecified atom stereocenters. The maximum atomic E-state index is 13.0. The molecule has 2 aromatic rings. The standard InChI is InChI=1S/C22H22ClN3O6/c1-24(2)9-10-25-19(13-5-4-6-15(11-13)26(30)31)18(21(28)22(25)29)20(27)14-7-8-17(32-3)16(23)12-14/h4-8,11-12,19,27H,9-10H2,1-3H3/b20-18+/t19-/m0/s1. The molecular weight excluding hydrogens is 438 g/mol. The fourth-order valence-electron chi connectivity index (χ4n) is 3.54. The topological polar surface area (TPSA) is 113 Å². The van der Waals surface area contributed by atoms with Crippen LogP contribution in [0.4, 0.5) is 5.69 Å². The number of methoxy groups -OCH3 is 1. The van der Waals surface area contributed by atoms with E-state index in [1.807, 2.05) is 19.0 Å². The number of rotatable bonds is 7. The zero-order valence-corrected chi connectivity index (χ0v) is 18.5. The summed E-state index contributed by atoms with van der Waals surface area (Å²) in [6.45, 7) is 0.637. The second-order valence-electron chi connectivity index (χ2n) is 7.50. The first-order valence-corrected chi connectivity index (χ1v) is 10.0. The second-order valence-corrected chi connectivity index (χ2v) is 7.90. The van der Waals surface area contributed by atoms with Crippen molar-refractivity contribution in [2.24, 2.45) is 0 Å². The number of nitrogens with zero attached hydrogens (tertiary/aromatic N) is 3. The van der Waals surface area contributed by atoms with Crippen molar-refractivity contribution in [2.75, 3.05) is 34.3 Å². The third-order valence-electron chi connectivity index (χ3n) is 5.15. The van der Waals surface area contributed by atoms with E-state index in [0.29, 0.717) is 17.9 Å². The molecule has 1 fully saturated rings. The van der Waals surface area contributed by atoms with Crippen LogP contribution in [0.15, 0.2) is 48.0 Å². The molecule has 1 heterocycles. The average Bonchev–Trinajstić information content (AvgIpc) is 3.01. The molecule has 1 atom stereocenters. The SMILES string of the molecule is COc1ccc(/C(O)=C2\C(=O)C(=O)N(CCN(C)C)[C@H]2c2cccc([N+](=O)[O-])c2)cc1Cl. The number of hydrogen-bond acceptors (Lipinski definition) is 7. The minimum absolute atomic E-state index is 0.157. The first-order chi connectivity index (χ1) is 15.1. The van der Waals surface area contributed by atoms with Crippen LogP contribution in [0, 0.1) is 10.1 Å². The fraction of sp³-hybridized carbons (Fsp3) is 0.273. The summed E-state index contributed by atoms with van der Waals surface area (Å²) in [5, 5.41) is 22.5. The number of likely N-dealkylation sites (tertiary alicyclic amines) is 1. The summed E-state index contributed by atoms with van der Waals surface area (Å²) >= 11 is 6.17. The van der Waals surface area contributed by atoms with Crippen molar-refractivity contribution in [3.63, 3.8) is 0 Å². The Morgan fingerprint density at radius 2 is 1.97 bits per heavy atom. The number of nitro benzene ring substituents is 1. The van der Waals surface area contributed by atoms with E-state index in [0.717, 1.165) is 0 Å². The van der Waals surface area contributed by atoms with Crippen LogP contribution in [0.2, 0.25) is 5.02 Å². The van der Waals surface area contributed by atoms with Crippen LogP contribution in [-0.2, 0) is 9.59 Å². The third kappa shape index (κ3) is 4.44. The Labute approximate surface area is 189 Å². The Kier molecular flexibility index (Phi) is 6.81. The average molecular weight is 460 g/mol. The number of amides is 1. The summed E-state index contributed by atoms with van der Waals surface area (Å²) in [5.74, 6) is -1.70. The number of aliphatic hydroxyl groups excluding tert-OH is 1. The monoisotopic (exact) mass is 459 g/mol. The quantitative estimate of drug-likeness (QED) is 0.222. The highest BCUT2D eigenvalue weighted by molar-refractivity contribution is 6.46. The van der Waals surface area contributed by atoms with E-state index in [1.165, 1.54) is 48.4 Å². The molecule has 0 aromatic heterocycles. The van der Waals surface area contributed by atoms with Crippen molar-refractivity contribution in [1.82, 2.24) is 9.80 Å².